The Balaban J connectivity index is 1.88. The van der Waals surface area contributed by atoms with Gasteiger partial charge in [-0.25, -0.2) is 0 Å². The van der Waals surface area contributed by atoms with Crippen molar-refractivity contribution < 1.29 is 49.3 Å². The van der Waals surface area contributed by atoms with E-state index in [1.807, 2.05) is 6.08 Å². The van der Waals surface area contributed by atoms with Gasteiger partial charge in [0.15, 0.2) is 6.29 Å². The molecule has 11 nitrogen and oxygen atoms in total. The van der Waals surface area contributed by atoms with Crippen molar-refractivity contribution >= 4 is 11.9 Å². The van der Waals surface area contributed by atoms with E-state index in [0.29, 0.717) is 19.4 Å². The van der Waals surface area contributed by atoms with Gasteiger partial charge in [0.05, 0.1) is 32.0 Å². The summed E-state index contributed by atoms with van der Waals surface area (Å²) in [7, 11) is 0. The van der Waals surface area contributed by atoms with Crippen LogP contribution in [-0.4, -0.2) is 100 Å². The Morgan fingerprint density at radius 3 is 1.09 bits per heavy atom. The first kappa shape index (κ1) is 88.9. The van der Waals surface area contributed by atoms with E-state index >= 15 is 0 Å². The van der Waals surface area contributed by atoms with Crippen LogP contribution in [0.4, 0.5) is 0 Å². The third kappa shape index (κ3) is 59.6. The summed E-state index contributed by atoms with van der Waals surface area (Å²) in [5.41, 5.74) is 0. The molecule has 0 saturated carbocycles. The number of nitrogens with one attached hydrogen (secondary N) is 1. The van der Waals surface area contributed by atoms with Gasteiger partial charge in [0.2, 0.25) is 5.91 Å². The van der Waals surface area contributed by atoms with Crippen molar-refractivity contribution in [2.24, 2.45) is 0 Å². The predicted octanol–water partition coefficient (Wildman–Crippen LogP) is 22.1. The van der Waals surface area contributed by atoms with Gasteiger partial charge >= 0.3 is 5.97 Å². The first-order chi connectivity index (χ1) is 45.7. The number of carbonyl (C=O) groups is 2. The molecule has 0 aromatic heterocycles. The molecule has 0 spiro atoms. The number of esters is 1. The third-order valence-electron chi connectivity index (χ3n) is 19.5. The normalized spacial score (nSPS) is 17.6. The Labute approximate surface area is 574 Å². The lowest BCUT2D eigenvalue weighted by Crippen LogP contribution is -2.60. The number of allylic oxidation sites excluding steroid dienone is 5. The van der Waals surface area contributed by atoms with Gasteiger partial charge in [0.25, 0.3) is 0 Å². The van der Waals surface area contributed by atoms with Crippen LogP contribution in [0.25, 0.3) is 0 Å². The Hall–Kier alpha value is -2.12. The number of unbranched alkanes of at least 4 members (excludes halogenated alkanes) is 55. The number of rotatable bonds is 73. The van der Waals surface area contributed by atoms with Gasteiger partial charge in [-0.05, 0) is 64.2 Å². The molecule has 1 rings (SSSR count). The zero-order chi connectivity index (χ0) is 67.2. The van der Waals surface area contributed by atoms with Crippen LogP contribution in [0.15, 0.2) is 36.5 Å². The molecule has 1 saturated heterocycles. The monoisotopic (exact) mass is 1310 g/mol. The summed E-state index contributed by atoms with van der Waals surface area (Å²) in [6, 6.07) is -0.807. The summed E-state index contributed by atoms with van der Waals surface area (Å²) in [6.45, 7) is 4.39. The molecular weight excluding hydrogens is 1160 g/mol. The molecular formula is C82H155NO10. The van der Waals surface area contributed by atoms with E-state index in [1.54, 1.807) is 6.08 Å². The van der Waals surface area contributed by atoms with Gasteiger partial charge in [-0.3, -0.25) is 9.59 Å². The average molecular weight is 1320 g/mol. The summed E-state index contributed by atoms with van der Waals surface area (Å²) in [4.78, 5) is 25.2. The summed E-state index contributed by atoms with van der Waals surface area (Å²) in [6.07, 6.45) is 83.3. The van der Waals surface area contributed by atoms with E-state index in [-0.39, 0.29) is 18.5 Å². The number of amides is 1. The summed E-state index contributed by atoms with van der Waals surface area (Å²) >= 11 is 0. The highest BCUT2D eigenvalue weighted by atomic mass is 16.7. The first-order valence-electron chi connectivity index (χ1n) is 40.8. The van der Waals surface area contributed by atoms with Crippen LogP contribution >= 0.6 is 0 Å². The molecule has 7 unspecified atom stereocenters. The molecule has 1 heterocycles. The lowest BCUT2D eigenvalue weighted by molar-refractivity contribution is -0.302. The van der Waals surface area contributed by atoms with Crippen LogP contribution in [0.3, 0.4) is 0 Å². The van der Waals surface area contributed by atoms with Crippen molar-refractivity contribution in [3.05, 3.63) is 36.5 Å². The van der Waals surface area contributed by atoms with Crippen molar-refractivity contribution in [3.8, 4) is 0 Å². The zero-order valence-corrected chi connectivity index (χ0v) is 61.2. The van der Waals surface area contributed by atoms with Gasteiger partial charge < -0.3 is 45.1 Å². The summed E-state index contributed by atoms with van der Waals surface area (Å²) in [5.74, 6) is -0.159. The molecule has 93 heavy (non-hydrogen) atoms. The predicted molar refractivity (Wildman–Crippen MR) is 394 cm³/mol. The van der Waals surface area contributed by atoms with Gasteiger partial charge in [-0.15, -0.1) is 0 Å². The Bertz CT molecular complexity index is 1640. The number of aliphatic hydroxyl groups excluding tert-OH is 5. The van der Waals surface area contributed by atoms with Crippen molar-refractivity contribution in [2.75, 3.05) is 19.8 Å². The first-order valence-corrected chi connectivity index (χ1v) is 40.8. The van der Waals surface area contributed by atoms with Gasteiger partial charge in [0.1, 0.15) is 24.4 Å². The molecule has 0 aromatic rings. The van der Waals surface area contributed by atoms with Crippen LogP contribution in [0.2, 0.25) is 0 Å². The smallest absolute Gasteiger partial charge is 0.305 e. The maximum atomic E-state index is 13.1. The SMILES string of the molecule is CCCCCCCCCCC/C=C/C(O)C(COC1OC(CO)C(O)C(O)C1O)NC(=O)CCCCCCCCCCCCCCCCCCC/C=C\C/C=C\CCCCCCCCCCCCCCCCCOC(=O)CCCCCCCCCCCCCCCCC. The van der Waals surface area contributed by atoms with E-state index in [4.69, 9.17) is 14.2 Å². The number of ether oxygens (including phenoxy) is 3. The molecule has 0 aliphatic carbocycles. The number of aliphatic hydroxyl groups is 5. The fourth-order valence-electron chi connectivity index (χ4n) is 13.1. The van der Waals surface area contributed by atoms with E-state index in [0.717, 1.165) is 57.8 Å². The minimum absolute atomic E-state index is 0.0182. The van der Waals surface area contributed by atoms with Crippen molar-refractivity contribution in [2.45, 2.75) is 455 Å². The molecule has 0 aromatic carbocycles. The molecule has 1 amide bonds. The van der Waals surface area contributed by atoms with Gasteiger partial charge in [-0.2, -0.15) is 0 Å². The van der Waals surface area contributed by atoms with Crippen LogP contribution in [0.1, 0.15) is 412 Å². The number of hydrogen-bond acceptors (Lipinski definition) is 10. The third-order valence-corrected chi connectivity index (χ3v) is 19.5. The lowest BCUT2D eigenvalue weighted by Gasteiger charge is -2.40. The van der Waals surface area contributed by atoms with E-state index < -0.39 is 49.5 Å². The second kappa shape index (κ2) is 71.2. The van der Waals surface area contributed by atoms with Crippen molar-refractivity contribution in [1.29, 1.82) is 0 Å². The Kier molecular flexibility index (Phi) is 68.0. The average Bonchev–Trinajstić information content (AvgIpc) is 0.962. The maximum Gasteiger partial charge on any atom is 0.305 e. The summed E-state index contributed by atoms with van der Waals surface area (Å²) < 4.78 is 16.8. The molecule has 6 N–H and O–H groups in total. The summed E-state index contributed by atoms with van der Waals surface area (Å²) in [5, 5.41) is 54.5. The van der Waals surface area contributed by atoms with Crippen LogP contribution in [0.5, 0.6) is 0 Å². The van der Waals surface area contributed by atoms with Crippen molar-refractivity contribution in [3.63, 3.8) is 0 Å². The van der Waals surface area contributed by atoms with Gasteiger partial charge in [-0.1, -0.05) is 371 Å². The molecule has 1 fully saturated rings. The van der Waals surface area contributed by atoms with E-state index in [2.05, 4.69) is 43.5 Å². The topological polar surface area (TPSA) is 175 Å². The second-order valence-corrected chi connectivity index (χ2v) is 28.5. The maximum absolute atomic E-state index is 13.1. The van der Waals surface area contributed by atoms with Crippen molar-refractivity contribution in [1.82, 2.24) is 5.32 Å². The standard InChI is InChI=1S/C82H155NO10/c1-3-5-7-9-11-13-15-16-42-46-50-54-58-62-66-70-78(87)91-71-67-63-59-55-51-47-44-41-39-37-35-33-31-29-27-25-23-21-19-17-18-20-22-24-26-28-30-32-34-36-38-40-43-45-49-53-57-61-65-69-77(86)83-74(73-92-82-81(90)80(89)79(88)76(72-84)93-82)75(85)68-64-60-56-52-48-14-12-10-8-6-4-2/h17-18,21,23,64,68,74-76,79-82,84-85,88-90H,3-16,19-20,22,24-63,65-67,69-73H2,1-2H3,(H,83,86)/b18-17-,23-21-,68-64+. The fourth-order valence-corrected chi connectivity index (χ4v) is 13.1. The number of hydrogen-bond donors (Lipinski definition) is 6. The highest BCUT2D eigenvalue weighted by Gasteiger charge is 2.44. The fraction of sp³-hybridized carbons (Fsp3) is 0.902. The molecule has 0 radical (unpaired) electrons. The highest BCUT2D eigenvalue weighted by molar-refractivity contribution is 5.76. The Morgan fingerprint density at radius 1 is 0.398 bits per heavy atom. The second-order valence-electron chi connectivity index (χ2n) is 28.5. The molecule has 1 aliphatic heterocycles. The van der Waals surface area contributed by atoms with Crippen LogP contribution in [-0.2, 0) is 23.8 Å². The molecule has 0 bridgehead atoms. The minimum atomic E-state index is -1.57. The van der Waals surface area contributed by atoms with Gasteiger partial charge in [0, 0.05) is 12.8 Å². The Morgan fingerprint density at radius 2 is 0.720 bits per heavy atom. The largest absolute Gasteiger partial charge is 0.466 e. The van der Waals surface area contributed by atoms with E-state index in [9.17, 15) is 35.1 Å². The molecule has 1 aliphatic rings. The molecule has 11 heteroatoms. The quantitative estimate of drug-likeness (QED) is 0.0195. The van der Waals surface area contributed by atoms with Crippen LogP contribution in [0, 0.1) is 0 Å². The number of carbonyl (C=O) groups excluding carboxylic acids is 2. The lowest BCUT2D eigenvalue weighted by atomic mass is 9.99. The zero-order valence-electron chi connectivity index (χ0n) is 61.2. The van der Waals surface area contributed by atoms with E-state index in [1.165, 1.54) is 327 Å². The molecule has 548 valence electrons. The minimum Gasteiger partial charge on any atom is -0.466 e. The van der Waals surface area contributed by atoms with Crippen LogP contribution < -0.4 is 5.32 Å². The highest BCUT2D eigenvalue weighted by Crippen LogP contribution is 2.24. The molecule has 7 atom stereocenters.